The molecular formula is C15H32N2. The highest BCUT2D eigenvalue weighted by Gasteiger charge is 2.21. The van der Waals surface area contributed by atoms with Crippen molar-refractivity contribution >= 4 is 0 Å². The van der Waals surface area contributed by atoms with Crippen LogP contribution in [0.15, 0.2) is 0 Å². The van der Waals surface area contributed by atoms with Crippen molar-refractivity contribution in [3.8, 4) is 0 Å². The second kappa shape index (κ2) is 8.93. The van der Waals surface area contributed by atoms with Crippen LogP contribution in [0.1, 0.15) is 59.3 Å². The lowest BCUT2D eigenvalue weighted by Gasteiger charge is -2.36. The van der Waals surface area contributed by atoms with Crippen LogP contribution in [0.2, 0.25) is 0 Å². The van der Waals surface area contributed by atoms with Crippen molar-refractivity contribution in [1.29, 1.82) is 0 Å². The summed E-state index contributed by atoms with van der Waals surface area (Å²) in [5.74, 6) is 0.899. The van der Waals surface area contributed by atoms with Crippen LogP contribution in [0.25, 0.3) is 0 Å². The number of likely N-dealkylation sites (tertiary alicyclic amines) is 1. The van der Waals surface area contributed by atoms with Gasteiger partial charge in [-0.25, -0.2) is 0 Å². The zero-order valence-corrected chi connectivity index (χ0v) is 12.2. The quantitative estimate of drug-likeness (QED) is 0.655. The minimum absolute atomic E-state index is 0.799. The monoisotopic (exact) mass is 240 g/mol. The number of nitrogens with one attached hydrogen (secondary N) is 1. The number of rotatable bonds is 8. The molecule has 0 amide bonds. The van der Waals surface area contributed by atoms with Gasteiger partial charge in [0.2, 0.25) is 0 Å². The van der Waals surface area contributed by atoms with Crippen molar-refractivity contribution in [3.05, 3.63) is 0 Å². The van der Waals surface area contributed by atoms with Crippen LogP contribution >= 0.6 is 0 Å². The van der Waals surface area contributed by atoms with Crippen LogP contribution in [0.4, 0.5) is 0 Å². The Kier molecular flexibility index (Phi) is 7.87. The van der Waals surface area contributed by atoms with Crippen molar-refractivity contribution in [2.45, 2.75) is 65.3 Å². The van der Waals surface area contributed by atoms with Crippen molar-refractivity contribution in [1.82, 2.24) is 10.2 Å². The van der Waals surface area contributed by atoms with Gasteiger partial charge < -0.3 is 5.32 Å². The Morgan fingerprint density at radius 2 is 1.88 bits per heavy atom. The van der Waals surface area contributed by atoms with Crippen LogP contribution in [0, 0.1) is 5.92 Å². The molecule has 0 saturated carbocycles. The number of piperidine rings is 1. The molecule has 0 aromatic rings. The summed E-state index contributed by atoms with van der Waals surface area (Å²) < 4.78 is 0. The molecule has 0 bridgehead atoms. The van der Waals surface area contributed by atoms with E-state index in [1.54, 1.807) is 0 Å². The van der Waals surface area contributed by atoms with E-state index in [1.807, 2.05) is 0 Å². The van der Waals surface area contributed by atoms with Crippen LogP contribution in [-0.2, 0) is 0 Å². The molecule has 1 saturated heterocycles. The molecule has 1 N–H and O–H groups in total. The number of unbranched alkanes of at least 4 members (excludes halogenated alkanes) is 3. The van der Waals surface area contributed by atoms with Gasteiger partial charge in [0, 0.05) is 25.7 Å². The molecule has 1 aliphatic rings. The summed E-state index contributed by atoms with van der Waals surface area (Å²) in [7, 11) is 0. The first-order valence-corrected chi connectivity index (χ1v) is 7.68. The molecule has 0 radical (unpaired) electrons. The zero-order chi connectivity index (χ0) is 12.5. The molecule has 2 nitrogen and oxygen atoms in total. The second-order valence-corrected chi connectivity index (χ2v) is 5.84. The summed E-state index contributed by atoms with van der Waals surface area (Å²) in [6.45, 7) is 12.0. The lowest BCUT2D eigenvalue weighted by Crippen LogP contribution is -2.44. The third-order valence-corrected chi connectivity index (χ3v) is 4.03. The maximum atomic E-state index is 3.59. The van der Waals surface area contributed by atoms with Gasteiger partial charge in [-0.3, -0.25) is 4.90 Å². The van der Waals surface area contributed by atoms with Crippen LogP contribution in [0.5, 0.6) is 0 Å². The van der Waals surface area contributed by atoms with Gasteiger partial charge in [0.1, 0.15) is 0 Å². The Hall–Kier alpha value is -0.0800. The van der Waals surface area contributed by atoms with Crippen molar-refractivity contribution in [2.24, 2.45) is 5.92 Å². The van der Waals surface area contributed by atoms with Crippen LogP contribution < -0.4 is 5.32 Å². The van der Waals surface area contributed by atoms with Crippen LogP contribution in [-0.4, -0.2) is 37.1 Å². The molecule has 1 fully saturated rings. The predicted octanol–water partition coefficient (Wildman–Crippen LogP) is 3.28. The Labute approximate surface area is 108 Å². The fourth-order valence-electron chi connectivity index (χ4n) is 2.72. The van der Waals surface area contributed by atoms with Gasteiger partial charge in [0.05, 0.1) is 0 Å². The Balaban J connectivity index is 1.97. The van der Waals surface area contributed by atoms with Gasteiger partial charge in [0.15, 0.2) is 0 Å². The molecule has 0 aliphatic carbocycles. The fourth-order valence-corrected chi connectivity index (χ4v) is 2.72. The summed E-state index contributed by atoms with van der Waals surface area (Å²) in [6, 6.07) is 0.799. The minimum Gasteiger partial charge on any atom is -0.315 e. The lowest BCUT2D eigenvalue weighted by molar-refractivity contribution is 0.126. The highest BCUT2D eigenvalue weighted by atomic mass is 15.2. The van der Waals surface area contributed by atoms with Gasteiger partial charge in [-0.15, -0.1) is 0 Å². The molecule has 0 aromatic carbocycles. The second-order valence-electron chi connectivity index (χ2n) is 5.84. The standard InChI is InChI=1S/C15H32N2/c1-4-5-6-7-10-16-11-12-17-13-14(2)8-9-15(17)3/h14-16H,4-13H2,1-3H3. The van der Waals surface area contributed by atoms with Crippen molar-refractivity contribution in [2.75, 3.05) is 26.2 Å². The SMILES string of the molecule is CCCCCCNCCN1CC(C)CCC1C. The Morgan fingerprint density at radius 3 is 2.65 bits per heavy atom. The molecule has 1 heterocycles. The molecule has 2 atom stereocenters. The lowest BCUT2D eigenvalue weighted by atomic mass is 9.95. The fraction of sp³-hybridized carbons (Fsp3) is 1.00. The van der Waals surface area contributed by atoms with Gasteiger partial charge in [-0.2, -0.15) is 0 Å². The smallest absolute Gasteiger partial charge is 0.0110 e. The maximum Gasteiger partial charge on any atom is 0.0110 e. The van der Waals surface area contributed by atoms with Gasteiger partial charge in [-0.05, 0) is 38.6 Å². The zero-order valence-electron chi connectivity index (χ0n) is 12.2. The Bertz CT molecular complexity index is 182. The van der Waals surface area contributed by atoms with E-state index >= 15 is 0 Å². The summed E-state index contributed by atoms with van der Waals surface area (Å²) in [4.78, 5) is 2.66. The number of hydrogen-bond acceptors (Lipinski definition) is 2. The third-order valence-electron chi connectivity index (χ3n) is 4.03. The van der Waals surface area contributed by atoms with E-state index < -0.39 is 0 Å². The molecule has 2 heteroatoms. The topological polar surface area (TPSA) is 15.3 Å². The first-order chi connectivity index (χ1) is 8.24. The summed E-state index contributed by atoms with van der Waals surface area (Å²) >= 11 is 0. The third kappa shape index (κ3) is 6.42. The molecule has 102 valence electrons. The predicted molar refractivity (Wildman–Crippen MR) is 76.4 cm³/mol. The molecule has 2 unspecified atom stereocenters. The van der Waals surface area contributed by atoms with E-state index in [2.05, 4.69) is 31.0 Å². The average Bonchev–Trinajstić information content (AvgIpc) is 2.32. The molecule has 17 heavy (non-hydrogen) atoms. The highest BCUT2D eigenvalue weighted by Crippen LogP contribution is 2.20. The van der Waals surface area contributed by atoms with Gasteiger partial charge in [0.25, 0.3) is 0 Å². The van der Waals surface area contributed by atoms with Crippen molar-refractivity contribution < 1.29 is 0 Å². The molecule has 0 spiro atoms. The van der Waals surface area contributed by atoms with Crippen LogP contribution in [0.3, 0.4) is 0 Å². The summed E-state index contributed by atoms with van der Waals surface area (Å²) in [5.41, 5.74) is 0. The van der Waals surface area contributed by atoms with Gasteiger partial charge >= 0.3 is 0 Å². The molecular weight excluding hydrogens is 208 g/mol. The first-order valence-electron chi connectivity index (χ1n) is 7.68. The summed E-state index contributed by atoms with van der Waals surface area (Å²) in [5, 5.41) is 3.59. The minimum atomic E-state index is 0.799. The summed E-state index contributed by atoms with van der Waals surface area (Å²) in [6.07, 6.45) is 8.27. The average molecular weight is 240 g/mol. The van der Waals surface area contributed by atoms with Crippen molar-refractivity contribution in [3.63, 3.8) is 0 Å². The van der Waals surface area contributed by atoms with E-state index in [1.165, 1.54) is 64.7 Å². The van der Waals surface area contributed by atoms with E-state index in [-0.39, 0.29) is 0 Å². The maximum absolute atomic E-state index is 3.59. The highest BCUT2D eigenvalue weighted by molar-refractivity contribution is 4.77. The van der Waals surface area contributed by atoms with E-state index in [4.69, 9.17) is 0 Å². The van der Waals surface area contributed by atoms with E-state index in [0.29, 0.717) is 0 Å². The van der Waals surface area contributed by atoms with E-state index in [0.717, 1.165) is 12.0 Å². The molecule has 1 aliphatic heterocycles. The number of hydrogen-bond donors (Lipinski definition) is 1. The molecule has 0 aromatic heterocycles. The largest absolute Gasteiger partial charge is 0.315 e. The molecule has 1 rings (SSSR count). The first kappa shape index (κ1) is 15.0. The normalized spacial score (nSPS) is 26.3. The van der Waals surface area contributed by atoms with E-state index in [9.17, 15) is 0 Å². The number of nitrogens with zero attached hydrogens (tertiary/aromatic N) is 1. The Morgan fingerprint density at radius 1 is 1.06 bits per heavy atom. The van der Waals surface area contributed by atoms with Gasteiger partial charge in [-0.1, -0.05) is 33.1 Å².